The van der Waals surface area contributed by atoms with E-state index in [9.17, 15) is 9.59 Å². The third kappa shape index (κ3) is 4.99. The van der Waals surface area contributed by atoms with Crippen LogP contribution in [0.1, 0.15) is 77.1 Å². The van der Waals surface area contributed by atoms with E-state index >= 15 is 0 Å². The number of fused-ring (bicyclic) bond motifs is 1. The van der Waals surface area contributed by atoms with E-state index in [1.807, 2.05) is 30.0 Å². The van der Waals surface area contributed by atoms with E-state index in [2.05, 4.69) is 42.6 Å². The first-order chi connectivity index (χ1) is 18.5. The second-order valence-corrected chi connectivity index (χ2v) is 11.7. The van der Waals surface area contributed by atoms with Gasteiger partial charge in [-0.05, 0) is 68.2 Å². The Labute approximate surface area is 227 Å². The fourth-order valence-corrected chi connectivity index (χ4v) is 6.77. The van der Waals surface area contributed by atoms with Crippen molar-refractivity contribution in [2.75, 3.05) is 13.1 Å². The quantitative estimate of drug-likeness (QED) is 0.387. The number of rotatable bonds is 6. The lowest BCUT2D eigenvalue weighted by Gasteiger charge is -2.35. The average molecular weight is 528 g/mol. The van der Waals surface area contributed by atoms with Gasteiger partial charge in [0, 0.05) is 31.5 Å². The van der Waals surface area contributed by atoms with Crippen molar-refractivity contribution in [2.45, 2.75) is 64.3 Å². The molecule has 1 saturated heterocycles. The molecular formula is C31H33N3O3S. The summed E-state index contributed by atoms with van der Waals surface area (Å²) in [6.45, 7) is 5.10. The molecule has 1 aliphatic heterocycles. The zero-order valence-corrected chi connectivity index (χ0v) is 22.8. The molecule has 6 nitrogen and oxygen atoms in total. The second kappa shape index (κ2) is 10.4. The van der Waals surface area contributed by atoms with Crippen LogP contribution in [0.15, 0.2) is 54.3 Å². The normalized spacial score (nSPS) is 18.9. The number of benzene rings is 2. The largest absolute Gasteiger partial charge is 0.414 e. The number of hydrogen-bond acceptors (Lipinski definition) is 5. The van der Waals surface area contributed by atoms with Gasteiger partial charge >= 0.3 is 6.09 Å². The third-order valence-electron chi connectivity index (χ3n) is 7.83. The minimum absolute atomic E-state index is 0.0330. The van der Waals surface area contributed by atoms with Crippen molar-refractivity contribution in [1.29, 1.82) is 0 Å². The standard InChI is InChI=1S/C31H33N3O3S/c1-19-8-7-10-23(16-19)28-27(33-29(38-28)21-13-14-21)30(35)34-15-6-5-11-24(34)18-32-31(36)37-26-17-22-9-3-4-12-25(22)20(26)2/h3-4,7-10,12,16,21,24H,5-6,11,13-15,17-18H2,1-2H3,(H,32,36)/t24-/m0/s1. The third-order valence-corrected chi connectivity index (χ3v) is 9.10. The smallest absolute Gasteiger partial charge is 0.412 e. The number of nitrogens with zero attached hydrogens (tertiary/aromatic N) is 2. The monoisotopic (exact) mass is 527 g/mol. The lowest BCUT2D eigenvalue weighted by molar-refractivity contribution is 0.0605. The minimum atomic E-state index is -0.463. The number of hydrogen-bond donors (Lipinski definition) is 1. The molecule has 2 fully saturated rings. The molecule has 1 N–H and O–H groups in total. The first-order valence-electron chi connectivity index (χ1n) is 13.6. The van der Waals surface area contributed by atoms with Gasteiger partial charge < -0.3 is 15.0 Å². The second-order valence-electron chi connectivity index (χ2n) is 10.7. The molecule has 0 spiro atoms. The molecule has 2 heterocycles. The summed E-state index contributed by atoms with van der Waals surface area (Å²) in [6, 6.07) is 16.3. The summed E-state index contributed by atoms with van der Waals surface area (Å²) in [5.74, 6) is 1.14. The van der Waals surface area contributed by atoms with Crippen LogP contribution >= 0.6 is 11.3 Å². The number of nitrogens with one attached hydrogen (secondary N) is 1. The van der Waals surface area contributed by atoms with Crippen molar-refractivity contribution in [3.8, 4) is 10.4 Å². The Balaban J connectivity index is 1.16. The summed E-state index contributed by atoms with van der Waals surface area (Å²) in [5.41, 5.74) is 6.09. The molecular weight excluding hydrogens is 494 g/mol. The predicted octanol–water partition coefficient (Wildman–Crippen LogP) is 6.70. The highest BCUT2D eigenvalue weighted by Gasteiger charge is 2.34. The Morgan fingerprint density at radius 3 is 2.71 bits per heavy atom. The Morgan fingerprint density at radius 1 is 1.08 bits per heavy atom. The number of aromatic nitrogens is 1. The zero-order valence-electron chi connectivity index (χ0n) is 22.0. The van der Waals surface area contributed by atoms with Crippen molar-refractivity contribution in [3.05, 3.63) is 81.7 Å². The molecule has 1 atom stereocenters. The number of ether oxygens (including phenoxy) is 1. The molecule has 38 heavy (non-hydrogen) atoms. The highest BCUT2D eigenvalue weighted by atomic mass is 32.1. The Bertz CT molecular complexity index is 1420. The van der Waals surface area contributed by atoms with Crippen LogP contribution in [-0.4, -0.2) is 41.0 Å². The molecule has 2 aromatic carbocycles. The maximum Gasteiger partial charge on any atom is 0.412 e. The highest BCUT2D eigenvalue weighted by Crippen LogP contribution is 2.45. The number of carbonyl (C=O) groups is 2. The molecule has 1 saturated carbocycles. The van der Waals surface area contributed by atoms with Crippen LogP contribution in [0.4, 0.5) is 4.79 Å². The van der Waals surface area contributed by atoms with E-state index < -0.39 is 6.09 Å². The zero-order chi connectivity index (χ0) is 26.2. The topological polar surface area (TPSA) is 71.5 Å². The van der Waals surface area contributed by atoms with Gasteiger partial charge in [0.05, 0.1) is 9.88 Å². The Kier molecular flexibility index (Phi) is 6.78. The fraction of sp³-hybridized carbons (Fsp3) is 0.387. The predicted molar refractivity (Wildman–Crippen MR) is 150 cm³/mol. The number of thiazole rings is 1. The fourth-order valence-electron chi connectivity index (χ4n) is 5.54. The van der Waals surface area contributed by atoms with Crippen LogP contribution in [0.2, 0.25) is 0 Å². The number of likely N-dealkylation sites (tertiary alicyclic amines) is 1. The average Bonchev–Trinajstić information content (AvgIpc) is 3.61. The number of piperidine rings is 1. The molecule has 2 amide bonds. The van der Waals surface area contributed by atoms with E-state index in [0.29, 0.717) is 36.9 Å². The molecule has 3 aliphatic rings. The first kappa shape index (κ1) is 24.9. The highest BCUT2D eigenvalue weighted by molar-refractivity contribution is 7.15. The minimum Gasteiger partial charge on any atom is -0.414 e. The number of allylic oxidation sites excluding steroid dienone is 2. The summed E-state index contributed by atoms with van der Waals surface area (Å²) in [6.07, 6.45) is 5.28. The van der Waals surface area contributed by atoms with Gasteiger partial charge in [0.2, 0.25) is 0 Å². The van der Waals surface area contributed by atoms with Crippen molar-refractivity contribution >= 4 is 28.9 Å². The number of amides is 2. The van der Waals surface area contributed by atoms with Crippen LogP contribution in [0.5, 0.6) is 0 Å². The first-order valence-corrected chi connectivity index (χ1v) is 14.4. The molecule has 196 valence electrons. The SMILES string of the molecule is CC1=C(OC(=O)NC[C@@H]2CCCCN2C(=O)c2nc(C3CC3)sc2-c2cccc(C)c2)Cc2ccccc21. The molecule has 0 radical (unpaired) electrons. The van der Waals surface area contributed by atoms with E-state index in [1.165, 1.54) is 5.56 Å². The van der Waals surface area contributed by atoms with Gasteiger partial charge in [-0.1, -0.05) is 54.1 Å². The van der Waals surface area contributed by atoms with Crippen LogP contribution in [0, 0.1) is 6.92 Å². The van der Waals surface area contributed by atoms with Gasteiger partial charge in [-0.25, -0.2) is 9.78 Å². The van der Waals surface area contributed by atoms with Gasteiger partial charge in [-0.15, -0.1) is 11.3 Å². The van der Waals surface area contributed by atoms with Crippen molar-refractivity contribution in [2.24, 2.45) is 0 Å². The van der Waals surface area contributed by atoms with E-state index in [-0.39, 0.29) is 11.9 Å². The van der Waals surface area contributed by atoms with Crippen LogP contribution in [0.25, 0.3) is 16.0 Å². The van der Waals surface area contributed by atoms with E-state index in [0.717, 1.165) is 64.3 Å². The lowest BCUT2D eigenvalue weighted by atomic mass is 10.0. The summed E-state index contributed by atoms with van der Waals surface area (Å²) in [7, 11) is 0. The van der Waals surface area contributed by atoms with Gasteiger partial charge in [0.25, 0.3) is 5.91 Å². The maximum absolute atomic E-state index is 14.0. The van der Waals surface area contributed by atoms with Crippen LogP contribution in [0.3, 0.4) is 0 Å². The lowest BCUT2D eigenvalue weighted by Crippen LogP contribution is -2.49. The molecule has 0 unspecified atom stereocenters. The summed E-state index contributed by atoms with van der Waals surface area (Å²) in [5, 5.41) is 4.01. The molecule has 6 rings (SSSR count). The molecule has 7 heteroatoms. The molecule has 2 aliphatic carbocycles. The summed E-state index contributed by atoms with van der Waals surface area (Å²) >= 11 is 1.66. The van der Waals surface area contributed by atoms with Crippen LogP contribution < -0.4 is 5.32 Å². The van der Waals surface area contributed by atoms with Crippen molar-refractivity contribution < 1.29 is 14.3 Å². The Hall–Kier alpha value is -3.45. The maximum atomic E-state index is 14.0. The van der Waals surface area contributed by atoms with Gasteiger partial charge in [-0.3, -0.25) is 4.79 Å². The van der Waals surface area contributed by atoms with Crippen molar-refractivity contribution in [1.82, 2.24) is 15.2 Å². The number of carbonyl (C=O) groups excluding carboxylic acids is 2. The van der Waals surface area contributed by atoms with Crippen molar-refractivity contribution in [3.63, 3.8) is 0 Å². The van der Waals surface area contributed by atoms with E-state index in [1.54, 1.807) is 11.3 Å². The number of aryl methyl sites for hydroxylation is 1. The van der Waals surface area contributed by atoms with Gasteiger partial charge in [0.15, 0.2) is 0 Å². The summed E-state index contributed by atoms with van der Waals surface area (Å²) < 4.78 is 5.72. The molecule has 3 aromatic rings. The Morgan fingerprint density at radius 2 is 1.92 bits per heavy atom. The van der Waals surface area contributed by atoms with Crippen LogP contribution in [-0.2, 0) is 11.2 Å². The summed E-state index contributed by atoms with van der Waals surface area (Å²) in [4.78, 5) is 34.5. The molecule has 1 aromatic heterocycles. The van der Waals surface area contributed by atoms with Gasteiger partial charge in [-0.2, -0.15) is 0 Å². The van der Waals surface area contributed by atoms with Gasteiger partial charge in [0.1, 0.15) is 11.5 Å². The molecule has 0 bridgehead atoms. The van der Waals surface area contributed by atoms with E-state index in [4.69, 9.17) is 9.72 Å². The number of alkyl carbamates (subject to hydrolysis) is 1.